The molecule has 0 amide bonds. The molecule has 0 saturated heterocycles. The lowest BCUT2D eigenvalue weighted by Crippen LogP contribution is -2.30. The summed E-state index contributed by atoms with van der Waals surface area (Å²) in [4.78, 5) is 38.1. The van der Waals surface area contributed by atoms with Gasteiger partial charge in [-0.15, -0.1) is 0 Å². The van der Waals surface area contributed by atoms with E-state index in [1.54, 1.807) is 0 Å². The Morgan fingerprint density at radius 2 is 0.537 bits per heavy atom. The summed E-state index contributed by atoms with van der Waals surface area (Å²) in [6.45, 7) is 6.59. The zero-order valence-electron chi connectivity index (χ0n) is 44.4. The van der Waals surface area contributed by atoms with Crippen molar-refractivity contribution in [3.8, 4) is 0 Å². The number of allylic oxidation sites excluding steroid dienone is 10. The van der Waals surface area contributed by atoms with Gasteiger partial charge in [0.15, 0.2) is 6.10 Å². The van der Waals surface area contributed by atoms with Gasteiger partial charge in [0.2, 0.25) is 0 Å². The van der Waals surface area contributed by atoms with Crippen LogP contribution in [-0.4, -0.2) is 37.2 Å². The quantitative estimate of drug-likeness (QED) is 0.0262. The van der Waals surface area contributed by atoms with E-state index in [1.807, 2.05) is 0 Å². The maximum atomic E-state index is 12.9. The first kappa shape index (κ1) is 64.1. The van der Waals surface area contributed by atoms with E-state index in [4.69, 9.17) is 14.2 Å². The molecule has 0 N–H and O–H groups in total. The van der Waals surface area contributed by atoms with Crippen molar-refractivity contribution in [1.29, 1.82) is 0 Å². The fourth-order valence-electron chi connectivity index (χ4n) is 8.09. The number of esters is 3. The highest BCUT2D eigenvalue weighted by atomic mass is 16.6. The van der Waals surface area contributed by atoms with E-state index in [9.17, 15) is 14.4 Å². The first-order valence-corrected chi connectivity index (χ1v) is 28.8. The molecule has 0 radical (unpaired) electrons. The van der Waals surface area contributed by atoms with Crippen molar-refractivity contribution in [1.82, 2.24) is 0 Å². The van der Waals surface area contributed by atoms with Gasteiger partial charge in [0.05, 0.1) is 0 Å². The molecular weight excluding hydrogens is 829 g/mol. The number of carbonyl (C=O) groups is 3. The van der Waals surface area contributed by atoms with Gasteiger partial charge in [-0.2, -0.15) is 0 Å². The molecule has 0 bridgehead atoms. The van der Waals surface area contributed by atoms with Gasteiger partial charge in [-0.05, 0) is 109 Å². The van der Waals surface area contributed by atoms with Crippen LogP contribution in [-0.2, 0) is 28.6 Å². The van der Waals surface area contributed by atoms with Crippen LogP contribution in [0.2, 0.25) is 0 Å². The van der Waals surface area contributed by atoms with Crippen molar-refractivity contribution in [3.63, 3.8) is 0 Å². The Balaban J connectivity index is 4.38. The number of carbonyl (C=O) groups excluding carboxylic acids is 3. The third kappa shape index (κ3) is 53.9. The lowest BCUT2D eigenvalue weighted by atomic mass is 10.1. The predicted octanol–water partition coefficient (Wildman–Crippen LogP) is 19.2. The van der Waals surface area contributed by atoms with Crippen LogP contribution in [0.5, 0.6) is 0 Å². The van der Waals surface area contributed by atoms with Crippen molar-refractivity contribution in [2.24, 2.45) is 0 Å². The minimum absolute atomic E-state index is 0.0838. The highest BCUT2D eigenvalue weighted by Gasteiger charge is 2.19. The molecule has 0 rings (SSSR count). The number of hydrogen-bond acceptors (Lipinski definition) is 6. The van der Waals surface area contributed by atoms with Crippen LogP contribution in [0.3, 0.4) is 0 Å². The summed E-state index contributed by atoms with van der Waals surface area (Å²) in [5.41, 5.74) is 0. The van der Waals surface area contributed by atoms with E-state index in [0.717, 1.165) is 83.5 Å². The fourth-order valence-corrected chi connectivity index (χ4v) is 8.09. The molecule has 0 aromatic rings. The molecule has 0 aliphatic carbocycles. The lowest BCUT2D eigenvalue weighted by Gasteiger charge is -2.18. The van der Waals surface area contributed by atoms with Gasteiger partial charge in [-0.1, -0.05) is 223 Å². The Morgan fingerprint density at radius 3 is 0.881 bits per heavy atom. The highest BCUT2D eigenvalue weighted by Crippen LogP contribution is 2.15. The van der Waals surface area contributed by atoms with E-state index < -0.39 is 6.10 Å². The average molecular weight is 938 g/mol. The largest absolute Gasteiger partial charge is 0.462 e. The Hall–Kier alpha value is -2.89. The molecule has 0 fully saturated rings. The second-order valence-corrected chi connectivity index (χ2v) is 19.2. The average Bonchev–Trinajstić information content (AvgIpc) is 3.33. The molecule has 1 atom stereocenters. The standard InChI is InChI=1S/C61H108O6/c1-4-7-10-13-16-19-22-25-27-29-31-33-34-36-39-42-45-48-51-54-60(63)66-57-58(56-65-59(62)53-50-47-44-41-38-24-21-18-15-12-9-6-3)67-61(64)55-52-49-46-43-40-37-35-32-30-28-26-23-20-17-14-11-8-5-2/h16,18-19,21,25,27-28,30-31,33,58H,4-15,17,20,22-24,26,29,32,34-57H2,1-3H3/b19-16-,21-18-,27-25-,30-28-,33-31-. The molecule has 0 aromatic heterocycles. The number of hydrogen-bond donors (Lipinski definition) is 0. The molecule has 6 nitrogen and oxygen atoms in total. The first-order chi connectivity index (χ1) is 33.0. The second-order valence-electron chi connectivity index (χ2n) is 19.2. The van der Waals surface area contributed by atoms with Gasteiger partial charge in [-0.3, -0.25) is 14.4 Å². The minimum atomic E-state index is -0.785. The zero-order chi connectivity index (χ0) is 48.6. The van der Waals surface area contributed by atoms with E-state index in [1.165, 1.54) is 167 Å². The summed E-state index contributed by atoms with van der Waals surface area (Å²) >= 11 is 0. The van der Waals surface area contributed by atoms with Crippen LogP contribution in [0.25, 0.3) is 0 Å². The highest BCUT2D eigenvalue weighted by molar-refractivity contribution is 5.71. The van der Waals surface area contributed by atoms with Gasteiger partial charge in [0.25, 0.3) is 0 Å². The third-order valence-electron chi connectivity index (χ3n) is 12.5. The Morgan fingerprint density at radius 1 is 0.299 bits per heavy atom. The van der Waals surface area contributed by atoms with Gasteiger partial charge in [0, 0.05) is 19.3 Å². The Kier molecular flexibility index (Phi) is 53.3. The molecule has 0 spiro atoms. The van der Waals surface area contributed by atoms with Crippen molar-refractivity contribution < 1.29 is 28.6 Å². The SMILES string of the molecule is CCCCC/C=C\C/C=C\C/C=C\CCCCCCCCC(=O)OCC(COC(=O)CCCCCCC/C=C\CCCCC)OC(=O)CCCCCCCCC/C=C\CCCCCCCCC. The molecule has 0 aromatic carbocycles. The van der Waals surface area contributed by atoms with E-state index in [0.29, 0.717) is 19.3 Å². The van der Waals surface area contributed by atoms with Crippen LogP contribution in [0.15, 0.2) is 60.8 Å². The predicted molar refractivity (Wildman–Crippen MR) is 288 cm³/mol. The van der Waals surface area contributed by atoms with Crippen LogP contribution < -0.4 is 0 Å². The summed E-state index contributed by atoms with van der Waals surface area (Å²) in [6.07, 6.45) is 69.2. The van der Waals surface area contributed by atoms with Gasteiger partial charge >= 0.3 is 17.9 Å². The van der Waals surface area contributed by atoms with Gasteiger partial charge < -0.3 is 14.2 Å². The molecule has 67 heavy (non-hydrogen) atoms. The molecular formula is C61H108O6. The van der Waals surface area contributed by atoms with Crippen LogP contribution in [0, 0.1) is 0 Å². The monoisotopic (exact) mass is 937 g/mol. The molecule has 0 aliphatic heterocycles. The van der Waals surface area contributed by atoms with Crippen LogP contribution >= 0.6 is 0 Å². The first-order valence-electron chi connectivity index (χ1n) is 28.8. The molecule has 0 saturated carbocycles. The maximum Gasteiger partial charge on any atom is 0.306 e. The topological polar surface area (TPSA) is 78.9 Å². The number of rotatable bonds is 52. The fraction of sp³-hybridized carbons (Fsp3) is 0.787. The molecule has 0 heterocycles. The molecule has 6 heteroatoms. The summed E-state index contributed by atoms with van der Waals surface area (Å²) in [5, 5.41) is 0. The van der Waals surface area contributed by atoms with E-state index >= 15 is 0 Å². The van der Waals surface area contributed by atoms with Gasteiger partial charge in [0.1, 0.15) is 13.2 Å². The molecule has 388 valence electrons. The van der Waals surface area contributed by atoms with E-state index in [-0.39, 0.29) is 31.1 Å². The summed E-state index contributed by atoms with van der Waals surface area (Å²) in [5.74, 6) is -0.900. The van der Waals surface area contributed by atoms with Crippen LogP contribution in [0.4, 0.5) is 0 Å². The van der Waals surface area contributed by atoms with Crippen molar-refractivity contribution in [2.45, 2.75) is 297 Å². The normalized spacial score (nSPS) is 12.5. The number of unbranched alkanes of at least 4 members (excludes halogenated alkanes) is 31. The van der Waals surface area contributed by atoms with Crippen molar-refractivity contribution in [3.05, 3.63) is 60.8 Å². The maximum absolute atomic E-state index is 12.9. The molecule has 0 aliphatic rings. The minimum Gasteiger partial charge on any atom is -0.462 e. The van der Waals surface area contributed by atoms with Crippen molar-refractivity contribution >= 4 is 17.9 Å². The zero-order valence-corrected chi connectivity index (χ0v) is 44.4. The lowest BCUT2D eigenvalue weighted by molar-refractivity contribution is -0.167. The third-order valence-corrected chi connectivity index (χ3v) is 12.5. The van der Waals surface area contributed by atoms with Crippen molar-refractivity contribution in [2.75, 3.05) is 13.2 Å². The van der Waals surface area contributed by atoms with Gasteiger partial charge in [-0.25, -0.2) is 0 Å². The summed E-state index contributed by atoms with van der Waals surface area (Å²) < 4.78 is 16.8. The van der Waals surface area contributed by atoms with E-state index in [2.05, 4.69) is 81.5 Å². The Labute approximate surface area is 415 Å². The number of ether oxygens (including phenoxy) is 3. The summed E-state index contributed by atoms with van der Waals surface area (Å²) in [6, 6.07) is 0. The Bertz CT molecular complexity index is 1210. The smallest absolute Gasteiger partial charge is 0.306 e. The molecule has 1 unspecified atom stereocenters. The second kappa shape index (κ2) is 55.7. The van der Waals surface area contributed by atoms with Crippen LogP contribution in [0.1, 0.15) is 290 Å². The summed E-state index contributed by atoms with van der Waals surface area (Å²) in [7, 11) is 0.